The van der Waals surface area contributed by atoms with Crippen LogP contribution in [0.3, 0.4) is 0 Å². The van der Waals surface area contributed by atoms with Gasteiger partial charge in [0.05, 0.1) is 0 Å². The lowest BCUT2D eigenvalue weighted by Gasteiger charge is -2.31. The van der Waals surface area contributed by atoms with Crippen LogP contribution in [-0.2, 0) is 0 Å². The van der Waals surface area contributed by atoms with Gasteiger partial charge in [-0.25, -0.2) is 8.78 Å². The Morgan fingerprint density at radius 3 is 1.93 bits per heavy atom. The molecular weight excluding hydrogens is 194 g/mol. The summed E-state index contributed by atoms with van der Waals surface area (Å²) in [6.45, 7) is 1.77. The van der Waals surface area contributed by atoms with E-state index in [1.807, 2.05) is 0 Å². The van der Waals surface area contributed by atoms with Crippen molar-refractivity contribution in [3.63, 3.8) is 0 Å². The minimum absolute atomic E-state index is 0.322. The van der Waals surface area contributed by atoms with Crippen molar-refractivity contribution in [2.75, 3.05) is 0 Å². The number of hydrogen-bond donors (Lipinski definition) is 0. The summed E-state index contributed by atoms with van der Waals surface area (Å²) in [6, 6.07) is 0. The number of rotatable bonds is 3. The van der Waals surface area contributed by atoms with E-state index in [4.69, 9.17) is 0 Å². The van der Waals surface area contributed by atoms with Crippen LogP contribution in [0.15, 0.2) is 0 Å². The average molecular weight is 216 g/mol. The molecule has 88 valence electrons. The van der Waals surface area contributed by atoms with E-state index in [1.54, 1.807) is 6.92 Å². The smallest absolute Gasteiger partial charge is 0.206 e. The molecule has 0 spiro atoms. The highest BCUT2D eigenvalue weighted by Gasteiger charge is 2.49. The van der Waals surface area contributed by atoms with Crippen molar-refractivity contribution in [3.05, 3.63) is 0 Å². The largest absolute Gasteiger partial charge is 0.253 e. The summed E-state index contributed by atoms with van der Waals surface area (Å²) in [7, 11) is 0. The first-order chi connectivity index (χ1) is 7.12. The summed E-state index contributed by atoms with van der Waals surface area (Å²) in [4.78, 5) is 0. The minimum atomic E-state index is -2.40. The van der Waals surface area contributed by atoms with Gasteiger partial charge in [0.2, 0.25) is 0 Å². The Kier molecular flexibility index (Phi) is 3.32. The molecule has 2 aliphatic rings. The molecule has 15 heavy (non-hydrogen) atoms. The Morgan fingerprint density at radius 1 is 0.933 bits per heavy atom. The summed E-state index contributed by atoms with van der Waals surface area (Å²) in [6.07, 6.45) is 7.91. The molecule has 2 fully saturated rings. The van der Waals surface area contributed by atoms with Gasteiger partial charge < -0.3 is 0 Å². The minimum Gasteiger partial charge on any atom is -0.206 e. The van der Waals surface area contributed by atoms with E-state index in [2.05, 4.69) is 0 Å². The zero-order valence-corrected chi connectivity index (χ0v) is 9.64. The monoisotopic (exact) mass is 216 g/mol. The highest BCUT2D eigenvalue weighted by molar-refractivity contribution is 4.91. The number of halogens is 2. The highest BCUT2D eigenvalue weighted by atomic mass is 19.3. The molecule has 0 radical (unpaired) electrons. The van der Waals surface area contributed by atoms with Crippen LogP contribution in [0.2, 0.25) is 0 Å². The van der Waals surface area contributed by atoms with Crippen LogP contribution in [-0.4, -0.2) is 5.92 Å². The second kappa shape index (κ2) is 4.39. The molecule has 2 aliphatic carbocycles. The van der Waals surface area contributed by atoms with E-state index >= 15 is 0 Å². The molecule has 0 aromatic heterocycles. The third kappa shape index (κ3) is 2.51. The van der Waals surface area contributed by atoms with Crippen molar-refractivity contribution in [1.82, 2.24) is 0 Å². The summed E-state index contributed by atoms with van der Waals surface area (Å²) in [5.74, 6) is -2.77. The van der Waals surface area contributed by atoms with E-state index in [-0.39, 0.29) is 11.8 Å². The van der Waals surface area contributed by atoms with Crippen LogP contribution in [0.1, 0.15) is 58.3 Å². The van der Waals surface area contributed by atoms with Crippen LogP contribution in [0, 0.1) is 17.8 Å². The Bertz CT molecular complexity index is 201. The summed E-state index contributed by atoms with van der Waals surface area (Å²) in [5, 5.41) is 0. The van der Waals surface area contributed by atoms with E-state index in [0.717, 1.165) is 51.4 Å². The first-order valence-corrected chi connectivity index (χ1v) is 6.50. The normalized spacial score (nSPS) is 27.4. The molecule has 1 unspecified atom stereocenters. The maximum atomic E-state index is 14.2. The molecule has 0 N–H and O–H groups in total. The van der Waals surface area contributed by atoms with E-state index in [1.165, 1.54) is 0 Å². The van der Waals surface area contributed by atoms with Crippen molar-refractivity contribution >= 4 is 0 Å². The summed E-state index contributed by atoms with van der Waals surface area (Å²) < 4.78 is 28.3. The van der Waals surface area contributed by atoms with Gasteiger partial charge >= 0.3 is 0 Å². The van der Waals surface area contributed by atoms with Gasteiger partial charge in [0, 0.05) is 11.8 Å². The SMILES string of the molecule is CC(C1CC1)C(F)(F)C1CCCCCC1. The Hall–Kier alpha value is -0.140. The lowest BCUT2D eigenvalue weighted by atomic mass is 9.83. The van der Waals surface area contributed by atoms with E-state index in [0.29, 0.717) is 5.92 Å². The van der Waals surface area contributed by atoms with Gasteiger partial charge in [-0.05, 0) is 31.6 Å². The first kappa shape index (κ1) is 11.3. The fraction of sp³-hybridized carbons (Fsp3) is 1.00. The van der Waals surface area contributed by atoms with Crippen molar-refractivity contribution in [3.8, 4) is 0 Å². The van der Waals surface area contributed by atoms with Gasteiger partial charge in [-0.1, -0.05) is 32.6 Å². The second-order valence-electron chi connectivity index (χ2n) is 5.49. The van der Waals surface area contributed by atoms with E-state index in [9.17, 15) is 8.78 Å². The Labute approximate surface area is 91.4 Å². The van der Waals surface area contributed by atoms with Crippen molar-refractivity contribution in [1.29, 1.82) is 0 Å². The van der Waals surface area contributed by atoms with Crippen molar-refractivity contribution in [2.45, 2.75) is 64.2 Å². The third-order valence-electron chi connectivity index (χ3n) is 4.34. The van der Waals surface area contributed by atoms with Crippen LogP contribution in [0.5, 0.6) is 0 Å². The third-order valence-corrected chi connectivity index (χ3v) is 4.34. The first-order valence-electron chi connectivity index (χ1n) is 6.50. The standard InChI is InChI=1S/C13H22F2/c1-10(11-8-9-11)13(14,15)12-6-4-2-3-5-7-12/h10-12H,2-9H2,1H3. The molecule has 0 bridgehead atoms. The molecular formula is C13H22F2. The lowest BCUT2D eigenvalue weighted by molar-refractivity contribution is -0.114. The molecule has 0 aromatic rings. The molecule has 0 aromatic carbocycles. The zero-order valence-electron chi connectivity index (χ0n) is 9.64. The molecule has 0 saturated heterocycles. The van der Waals surface area contributed by atoms with Crippen molar-refractivity contribution in [2.24, 2.45) is 17.8 Å². The maximum absolute atomic E-state index is 14.2. The number of alkyl halides is 2. The fourth-order valence-corrected chi connectivity index (χ4v) is 2.95. The molecule has 0 nitrogen and oxygen atoms in total. The molecule has 2 heteroatoms. The molecule has 0 heterocycles. The molecule has 0 amide bonds. The molecule has 1 atom stereocenters. The van der Waals surface area contributed by atoms with Crippen LogP contribution < -0.4 is 0 Å². The fourth-order valence-electron chi connectivity index (χ4n) is 2.95. The predicted octanol–water partition coefficient (Wildman–Crippen LogP) is 4.64. The summed E-state index contributed by atoms with van der Waals surface area (Å²) in [5.41, 5.74) is 0. The van der Waals surface area contributed by atoms with Crippen molar-refractivity contribution < 1.29 is 8.78 Å². The van der Waals surface area contributed by atoms with Crippen LogP contribution in [0.4, 0.5) is 8.78 Å². The quantitative estimate of drug-likeness (QED) is 0.603. The average Bonchev–Trinajstić information content (AvgIpc) is 3.04. The summed E-state index contributed by atoms with van der Waals surface area (Å²) >= 11 is 0. The maximum Gasteiger partial charge on any atom is 0.253 e. The van der Waals surface area contributed by atoms with Gasteiger partial charge in [-0.2, -0.15) is 0 Å². The molecule has 2 saturated carbocycles. The van der Waals surface area contributed by atoms with Gasteiger partial charge in [-0.15, -0.1) is 0 Å². The van der Waals surface area contributed by atoms with E-state index < -0.39 is 5.92 Å². The van der Waals surface area contributed by atoms with Crippen LogP contribution >= 0.6 is 0 Å². The second-order valence-corrected chi connectivity index (χ2v) is 5.49. The predicted molar refractivity (Wildman–Crippen MR) is 58.0 cm³/mol. The zero-order chi connectivity index (χ0) is 10.9. The van der Waals surface area contributed by atoms with Gasteiger partial charge in [0.25, 0.3) is 5.92 Å². The van der Waals surface area contributed by atoms with Gasteiger partial charge in [0.1, 0.15) is 0 Å². The molecule has 2 rings (SSSR count). The Balaban J connectivity index is 1.98. The van der Waals surface area contributed by atoms with Gasteiger partial charge in [-0.3, -0.25) is 0 Å². The Morgan fingerprint density at radius 2 is 1.47 bits per heavy atom. The highest BCUT2D eigenvalue weighted by Crippen LogP contribution is 2.49. The van der Waals surface area contributed by atoms with Gasteiger partial charge in [0.15, 0.2) is 0 Å². The topological polar surface area (TPSA) is 0 Å². The number of hydrogen-bond acceptors (Lipinski definition) is 0. The van der Waals surface area contributed by atoms with Crippen LogP contribution in [0.25, 0.3) is 0 Å². The molecule has 0 aliphatic heterocycles. The lowest BCUT2D eigenvalue weighted by Crippen LogP contribution is -2.36.